The average Bonchev–Trinajstić information content (AvgIpc) is 3.17. The van der Waals surface area contributed by atoms with Crippen molar-refractivity contribution in [1.29, 1.82) is 0 Å². The van der Waals surface area contributed by atoms with Gasteiger partial charge in [0, 0.05) is 63.8 Å². The zero-order chi connectivity index (χ0) is 19.1. The summed E-state index contributed by atoms with van der Waals surface area (Å²) in [5.41, 5.74) is 1.07. The van der Waals surface area contributed by atoms with Gasteiger partial charge in [-0.25, -0.2) is 15.0 Å². The first-order chi connectivity index (χ1) is 13.7. The molecule has 9 nitrogen and oxygen atoms in total. The summed E-state index contributed by atoms with van der Waals surface area (Å²) in [5, 5.41) is 4.37. The number of anilines is 2. The molecule has 3 aromatic rings. The lowest BCUT2D eigenvalue weighted by Crippen LogP contribution is -2.63. The number of hydrogen-bond acceptors (Lipinski definition) is 8. The number of fused-ring (bicyclic) bond motifs is 1. The van der Waals surface area contributed by atoms with Crippen LogP contribution in [0.5, 0.6) is 0 Å². The van der Waals surface area contributed by atoms with Crippen molar-refractivity contribution in [3.8, 4) is 0 Å². The molecule has 0 aromatic carbocycles. The highest BCUT2D eigenvalue weighted by Crippen LogP contribution is 2.27. The van der Waals surface area contributed by atoms with Gasteiger partial charge in [-0.05, 0) is 12.0 Å². The smallest absolute Gasteiger partial charge is 0.254 e. The van der Waals surface area contributed by atoms with E-state index in [1.54, 1.807) is 6.33 Å². The second kappa shape index (κ2) is 6.97. The number of rotatable bonds is 4. The van der Waals surface area contributed by atoms with Gasteiger partial charge in [-0.3, -0.25) is 4.90 Å². The van der Waals surface area contributed by atoms with E-state index in [0.29, 0.717) is 17.7 Å². The molecule has 0 radical (unpaired) electrons. The van der Waals surface area contributed by atoms with Gasteiger partial charge in [-0.2, -0.15) is 14.6 Å². The van der Waals surface area contributed by atoms with Crippen LogP contribution in [0.15, 0.2) is 30.9 Å². The molecule has 0 amide bonds. The lowest BCUT2D eigenvalue weighted by Gasteiger charge is -2.48. The molecule has 28 heavy (non-hydrogen) atoms. The molecule has 3 aromatic heterocycles. The minimum atomic E-state index is 0.366. The van der Waals surface area contributed by atoms with Crippen LogP contribution in [0.2, 0.25) is 0 Å². The van der Waals surface area contributed by atoms with Crippen LogP contribution in [-0.4, -0.2) is 79.8 Å². The molecule has 2 aliphatic heterocycles. The maximum atomic E-state index is 4.62. The van der Waals surface area contributed by atoms with E-state index in [2.05, 4.69) is 59.6 Å². The summed E-state index contributed by atoms with van der Waals surface area (Å²) in [6.07, 6.45) is 5.20. The van der Waals surface area contributed by atoms with Crippen LogP contribution in [0, 0.1) is 0 Å². The average molecular weight is 379 g/mol. The third kappa shape index (κ3) is 3.05. The van der Waals surface area contributed by atoms with E-state index in [-0.39, 0.29) is 0 Å². The maximum Gasteiger partial charge on any atom is 0.254 e. The Bertz CT molecular complexity index is 940. The summed E-state index contributed by atoms with van der Waals surface area (Å²) in [6.45, 7) is 10.4. The Balaban J connectivity index is 1.24. The van der Waals surface area contributed by atoms with Crippen molar-refractivity contribution in [3.63, 3.8) is 0 Å². The summed E-state index contributed by atoms with van der Waals surface area (Å²) < 4.78 is 1.85. The van der Waals surface area contributed by atoms with Gasteiger partial charge < -0.3 is 9.80 Å². The van der Waals surface area contributed by atoms with Crippen LogP contribution in [-0.2, 0) is 0 Å². The third-order valence-electron chi connectivity index (χ3n) is 5.70. The normalized spacial score (nSPS) is 18.8. The fraction of sp³-hybridized carbons (Fsp3) is 0.526. The number of aromatic nitrogens is 6. The first-order valence-corrected chi connectivity index (χ1v) is 9.90. The topological polar surface area (TPSA) is 78.6 Å². The molecule has 2 saturated heterocycles. The van der Waals surface area contributed by atoms with Crippen molar-refractivity contribution in [1.82, 2.24) is 34.4 Å². The standard InChI is InChI=1S/C19H25N9/c1-14(2)16-10-17(28-19(24-16)22-13-23-28)27-11-15(12-27)25-6-8-26(9-7-25)18-20-4-3-5-21-18/h3-5,10,13-15H,6-9,11-12H2,1-2H3. The summed E-state index contributed by atoms with van der Waals surface area (Å²) in [7, 11) is 0. The Morgan fingerprint density at radius 1 is 0.964 bits per heavy atom. The molecule has 2 aliphatic rings. The van der Waals surface area contributed by atoms with Gasteiger partial charge in [0.2, 0.25) is 5.95 Å². The Morgan fingerprint density at radius 2 is 1.71 bits per heavy atom. The Kier molecular flexibility index (Phi) is 4.31. The van der Waals surface area contributed by atoms with Gasteiger partial charge in [0.25, 0.3) is 5.78 Å². The van der Waals surface area contributed by atoms with Crippen LogP contribution in [0.1, 0.15) is 25.5 Å². The highest BCUT2D eigenvalue weighted by molar-refractivity contribution is 5.50. The molecule has 0 spiro atoms. The van der Waals surface area contributed by atoms with Gasteiger partial charge in [0.05, 0.1) is 5.69 Å². The molecule has 0 aliphatic carbocycles. The molecule has 0 saturated carbocycles. The number of nitrogens with zero attached hydrogens (tertiary/aromatic N) is 9. The summed E-state index contributed by atoms with van der Waals surface area (Å²) in [6, 6.07) is 4.60. The SMILES string of the molecule is CC(C)c1cc(N2CC(N3CCN(c4ncccn4)CC3)C2)n2ncnc2n1. The predicted octanol–water partition coefficient (Wildman–Crippen LogP) is 1.05. The molecular formula is C19H25N9. The second-order valence-corrected chi connectivity index (χ2v) is 7.80. The van der Waals surface area contributed by atoms with Gasteiger partial charge in [-0.1, -0.05) is 13.8 Å². The van der Waals surface area contributed by atoms with Crippen molar-refractivity contribution in [2.75, 3.05) is 49.1 Å². The minimum Gasteiger partial charge on any atom is -0.353 e. The molecule has 5 heterocycles. The van der Waals surface area contributed by atoms with Crippen molar-refractivity contribution in [2.45, 2.75) is 25.8 Å². The molecule has 5 rings (SSSR count). The van der Waals surface area contributed by atoms with E-state index in [0.717, 1.165) is 56.7 Å². The maximum absolute atomic E-state index is 4.62. The Morgan fingerprint density at radius 3 is 2.43 bits per heavy atom. The van der Waals surface area contributed by atoms with Crippen molar-refractivity contribution >= 4 is 17.5 Å². The predicted molar refractivity (Wildman–Crippen MR) is 107 cm³/mol. The monoisotopic (exact) mass is 379 g/mol. The van der Waals surface area contributed by atoms with E-state index < -0.39 is 0 Å². The molecule has 2 fully saturated rings. The van der Waals surface area contributed by atoms with Gasteiger partial charge in [0.1, 0.15) is 12.1 Å². The summed E-state index contributed by atoms with van der Waals surface area (Å²) in [4.78, 5) is 24.9. The lowest BCUT2D eigenvalue weighted by atomic mass is 10.0. The van der Waals surface area contributed by atoms with Crippen LogP contribution in [0.4, 0.5) is 11.8 Å². The molecule has 0 atom stereocenters. The van der Waals surface area contributed by atoms with Crippen LogP contribution in [0.25, 0.3) is 5.78 Å². The molecule has 0 unspecified atom stereocenters. The van der Waals surface area contributed by atoms with Gasteiger partial charge in [-0.15, -0.1) is 0 Å². The molecule has 0 N–H and O–H groups in total. The fourth-order valence-electron chi connectivity index (χ4n) is 3.95. The number of hydrogen-bond donors (Lipinski definition) is 0. The van der Waals surface area contributed by atoms with Crippen molar-refractivity contribution in [2.24, 2.45) is 0 Å². The van der Waals surface area contributed by atoms with E-state index in [9.17, 15) is 0 Å². The summed E-state index contributed by atoms with van der Waals surface area (Å²) in [5.74, 6) is 2.98. The highest BCUT2D eigenvalue weighted by Gasteiger charge is 2.35. The van der Waals surface area contributed by atoms with E-state index in [1.165, 1.54) is 0 Å². The van der Waals surface area contributed by atoms with Crippen LogP contribution < -0.4 is 9.80 Å². The third-order valence-corrected chi connectivity index (χ3v) is 5.70. The molecule has 0 bridgehead atoms. The highest BCUT2D eigenvalue weighted by atomic mass is 15.4. The molecule has 146 valence electrons. The quantitative estimate of drug-likeness (QED) is 0.666. The number of piperazine rings is 1. The first-order valence-electron chi connectivity index (χ1n) is 9.90. The molecule has 9 heteroatoms. The van der Waals surface area contributed by atoms with Gasteiger partial charge >= 0.3 is 0 Å². The van der Waals surface area contributed by atoms with E-state index in [1.807, 2.05) is 23.0 Å². The zero-order valence-corrected chi connectivity index (χ0v) is 16.3. The Hall–Kier alpha value is -2.81. The zero-order valence-electron chi connectivity index (χ0n) is 16.3. The van der Waals surface area contributed by atoms with Crippen molar-refractivity contribution < 1.29 is 0 Å². The second-order valence-electron chi connectivity index (χ2n) is 7.80. The van der Waals surface area contributed by atoms with Crippen molar-refractivity contribution in [3.05, 3.63) is 36.5 Å². The van der Waals surface area contributed by atoms with Crippen LogP contribution in [0.3, 0.4) is 0 Å². The van der Waals surface area contributed by atoms with Crippen LogP contribution >= 0.6 is 0 Å². The fourth-order valence-corrected chi connectivity index (χ4v) is 3.95. The van der Waals surface area contributed by atoms with E-state index in [4.69, 9.17) is 0 Å². The minimum absolute atomic E-state index is 0.366. The molecular weight excluding hydrogens is 354 g/mol. The van der Waals surface area contributed by atoms with E-state index >= 15 is 0 Å². The largest absolute Gasteiger partial charge is 0.353 e. The Labute approximate surface area is 164 Å². The first kappa shape index (κ1) is 17.3. The van der Waals surface area contributed by atoms with Gasteiger partial charge in [0.15, 0.2) is 0 Å². The lowest BCUT2D eigenvalue weighted by molar-refractivity contribution is 0.156. The summed E-state index contributed by atoms with van der Waals surface area (Å²) >= 11 is 0.